The Kier molecular flexibility index (Phi) is 7.14. The van der Waals surface area contributed by atoms with Gasteiger partial charge in [0.25, 0.3) is 0 Å². The molecule has 4 rings (SSSR count). The predicted octanol–water partition coefficient (Wildman–Crippen LogP) is 7.22. The zero-order valence-electron chi connectivity index (χ0n) is 21.5. The van der Waals surface area contributed by atoms with E-state index in [9.17, 15) is 9.59 Å². The third-order valence-corrected chi connectivity index (χ3v) is 10.9. The van der Waals surface area contributed by atoms with Crippen LogP contribution in [0, 0.1) is 52.3 Å². The summed E-state index contributed by atoms with van der Waals surface area (Å²) in [6.07, 6.45) is 14.4. The minimum Gasteiger partial charge on any atom is -0.465 e. The van der Waals surface area contributed by atoms with Crippen molar-refractivity contribution in [2.45, 2.75) is 112 Å². The summed E-state index contributed by atoms with van der Waals surface area (Å²) in [6.45, 7) is 11.9. The van der Waals surface area contributed by atoms with Gasteiger partial charge in [0, 0.05) is 25.2 Å². The van der Waals surface area contributed by atoms with E-state index in [2.05, 4.69) is 27.7 Å². The molecule has 4 aliphatic carbocycles. The molecule has 0 aromatic heterocycles. The van der Waals surface area contributed by atoms with E-state index in [0.29, 0.717) is 36.1 Å². The van der Waals surface area contributed by atoms with Gasteiger partial charge in [0.15, 0.2) is 0 Å². The van der Waals surface area contributed by atoms with E-state index in [-0.39, 0.29) is 11.4 Å². The number of ketones is 1. The van der Waals surface area contributed by atoms with Crippen molar-refractivity contribution in [1.82, 2.24) is 0 Å². The second-order valence-electron chi connectivity index (χ2n) is 12.9. The highest BCUT2D eigenvalue weighted by atomic mass is 16.5. The van der Waals surface area contributed by atoms with Gasteiger partial charge >= 0.3 is 5.97 Å². The number of rotatable bonds is 7. The van der Waals surface area contributed by atoms with Crippen LogP contribution in [0.3, 0.4) is 0 Å². The van der Waals surface area contributed by atoms with E-state index in [1.807, 2.05) is 0 Å². The second-order valence-corrected chi connectivity index (χ2v) is 12.9. The van der Waals surface area contributed by atoms with Gasteiger partial charge in [-0.1, -0.05) is 47.0 Å². The van der Waals surface area contributed by atoms with Crippen LogP contribution in [0.5, 0.6) is 0 Å². The number of carbonyl (C=O) groups is 2. The smallest absolute Gasteiger partial charge is 0.302 e. The lowest BCUT2D eigenvalue weighted by atomic mass is 9.44. The highest BCUT2D eigenvalue weighted by Gasteiger charge is 2.62. The fourth-order valence-electron chi connectivity index (χ4n) is 9.42. The minimum absolute atomic E-state index is 0.0772. The van der Waals surface area contributed by atoms with Crippen LogP contribution in [0.1, 0.15) is 112 Å². The number of hydrogen-bond donors (Lipinski definition) is 0. The first-order valence-corrected chi connectivity index (χ1v) is 13.8. The molecule has 3 heteroatoms. The molecule has 4 saturated carbocycles. The van der Waals surface area contributed by atoms with Crippen molar-refractivity contribution in [3.8, 4) is 0 Å². The molecule has 32 heavy (non-hydrogen) atoms. The first-order chi connectivity index (χ1) is 15.2. The zero-order valence-corrected chi connectivity index (χ0v) is 21.5. The van der Waals surface area contributed by atoms with E-state index in [4.69, 9.17) is 4.74 Å². The molecule has 4 fully saturated rings. The SMILES string of the molecule is CC(=O)OC[C@]12CC(=O)CC[C@@H]1CC[C@H]1[C@@H]3CC[C@H]([C@H](C)CCCC(C)C)[C@@]3(C)CC[C@@H]12. The molecule has 182 valence electrons. The van der Waals surface area contributed by atoms with E-state index in [1.54, 1.807) is 0 Å². The number of ether oxygens (including phenoxy) is 1. The van der Waals surface area contributed by atoms with Crippen molar-refractivity contribution in [3.05, 3.63) is 0 Å². The fraction of sp³-hybridized carbons (Fsp3) is 0.931. The van der Waals surface area contributed by atoms with Gasteiger partial charge < -0.3 is 4.74 Å². The van der Waals surface area contributed by atoms with E-state index in [1.165, 1.54) is 64.7 Å². The van der Waals surface area contributed by atoms with Crippen molar-refractivity contribution < 1.29 is 14.3 Å². The number of carbonyl (C=O) groups excluding carboxylic acids is 2. The van der Waals surface area contributed by atoms with Crippen LogP contribution in [0.15, 0.2) is 0 Å². The summed E-state index contributed by atoms with van der Waals surface area (Å²) in [7, 11) is 0. The molecule has 0 radical (unpaired) electrons. The van der Waals surface area contributed by atoms with Crippen molar-refractivity contribution in [3.63, 3.8) is 0 Å². The Bertz CT molecular complexity index is 699. The van der Waals surface area contributed by atoms with E-state index >= 15 is 0 Å². The number of fused-ring (bicyclic) bond motifs is 5. The molecule has 0 unspecified atom stereocenters. The maximum atomic E-state index is 12.7. The number of Topliss-reactive ketones (excluding diaryl/α,β-unsaturated/α-hetero) is 1. The van der Waals surface area contributed by atoms with Crippen molar-refractivity contribution >= 4 is 11.8 Å². The average molecular weight is 445 g/mol. The standard InChI is InChI=1S/C29H48O3/c1-19(2)7-6-8-20(3)25-13-14-26-24-12-10-22-9-11-23(31)17-29(22,18-32-21(4)30)27(24)15-16-28(25,26)5/h19-20,22,24-27H,6-18H2,1-5H3/t20-,22-,24+,25-,26+,27+,28-,29-/m1/s1. The molecule has 0 aromatic carbocycles. The van der Waals surface area contributed by atoms with Gasteiger partial charge in [-0.25, -0.2) is 0 Å². The molecule has 8 atom stereocenters. The van der Waals surface area contributed by atoms with Crippen LogP contribution in [-0.4, -0.2) is 18.4 Å². The van der Waals surface area contributed by atoms with Gasteiger partial charge in [0.1, 0.15) is 5.78 Å². The largest absolute Gasteiger partial charge is 0.465 e. The highest BCUT2D eigenvalue weighted by molar-refractivity contribution is 5.80. The van der Waals surface area contributed by atoms with Gasteiger partial charge in [-0.3, -0.25) is 9.59 Å². The Balaban J connectivity index is 1.53. The average Bonchev–Trinajstić information content (AvgIpc) is 3.09. The third-order valence-electron chi connectivity index (χ3n) is 10.9. The maximum Gasteiger partial charge on any atom is 0.302 e. The van der Waals surface area contributed by atoms with E-state index in [0.717, 1.165) is 42.4 Å². The van der Waals surface area contributed by atoms with Crippen molar-refractivity contribution in [2.24, 2.45) is 52.3 Å². The van der Waals surface area contributed by atoms with Gasteiger partial charge in [-0.15, -0.1) is 0 Å². The van der Waals surface area contributed by atoms with Gasteiger partial charge in [-0.2, -0.15) is 0 Å². The first-order valence-electron chi connectivity index (χ1n) is 13.8. The van der Waals surface area contributed by atoms with Gasteiger partial charge in [-0.05, 0) is 91.8 Å². The Morgan fingerprint density at radius 3 is 2.53 bits per heavy atom. The molecule has 4 aliphatic rings. The monoisotopic (exact) mass is 444 g/mol. The topological polar surface area (TPSA) is 43.4 Å². The van der Waals surface area contributed by atoms with Gasteiger partial charge in [0.05, 0.1) is 6.61 Å². The summed E-state index contributed by atoms with van der Waals surface area (Å²) in [6, 6.07) is 0. The van der Waals surface area contributed by atoms with Crippen molar-refractivity contribution in [1.29, 1.82) is 0 Å². The summed E-state index contributed by atoms with van der Waals surface area (Å²) in [5, 5.41) is 0. The Hall–Kier alpha value is -0.860. The lowest BCUT2D eigenvalue weighted by Crippen LogP contribution is -2.57. The van der Waals surface area contributed by atoms with Crippen LogP contribution >= 0.6 is 0 Å². The first kappa shape index (κ1) is 24.3. The fourth-order valence-corrected chi connectivity index (χ4v) is 9.42. The molecule has 3 nitrogen and oxygen atoms in total. The predicted molar refractivity (Wildman–Crippen MR) is 129 cm³/mol. The number of hydrogen-bond acceptors (Lipinski definition) is 3. The second kappa shape index (κ2) is 9.41. The molecule has 0 heterocycles. The lowest BCUT2D eigenvalue weighted by Gasteiger charge is -2.61. The molecular formula is C29H48O3. The summed E-state index contributed by atoms with van der Waals surface area (Å²) < 4.78 is 5.71. The molecule has 0 bridgehead atoms. The van der Waals surface area contributed by atoms with Crippen LogP contribution in [0.2, 0.25) is 0 Å². The van der Waals surface area contributed by atoms with Crippen molar-refractivity contribution in [2.75, 3.05) is 6.61 Å². The molecule has 0 aliphatic heterocycles. The number of esters is 1. The molecule has 0 aromatic rings. The minimum atomic E-state index is -0.185. The highest BCUT2D eigenvalue weighted by Crippen LogP contribution is 2.68. The molecule has 0 N–H and O–H groups in total. The molecule has 0 spiro atoms. The van der Waals surface area contributed by atoms with Crippen LogP contribution in [0.4, 0.5) is 0 Å². The quantitative estimate of drug-likeness (QED) is 0.389. The molecule has 0 amide bonds. The Labute approximate surface area is 196 Å². The summed E-state index contributed by atoms with van der Waals surface area (Å²) >= 11 is 0. The summed E-state index contributed by atoms with van der Waals surface area (Å²) in [5.74, 6) is 5.37. The van der Waals surface area contributed by atoms with Crippen LogP contribution in [-0.2, 0) is 14.3 Å². The summed E-state index contributed by atoms with van der Waals surface area (Å²) in [4.78, 5) is 24.5. The van der Waals surface area contributed by atoms with Gasteiger partial charge in [0.2, 0.25) is 0 Å². The van der Waals surface area contributed by atoms with E-state index < -0.39 is 0 Å². The molecule has 0 saturated heterocycles. The zero-order chi connectivity index (χ0) is 23.1. The normalized spacial score (nSPS) is 42.2. The third kappa shape index (κ3) is 4.31. The Morgan fingerprint density at radius 1 is 1.03 bits per heavy atom. The summed E-state index contributed by atoms with van der Waals surface area (Å²) in [5.41, 5.74) is 0.388. The lowest BCUT2D eigenvalue weighted by molar-refractivity contribution is -0.172. The Morgan fingerprint density at radius 2 is 1.81 bits per heavy atom. The van der Waals surface area contributed by atoms with Crippen LogP contribution < -0.4 is 0 Å². The molecular weight excluding hydrogens is 396 g/mol. The maximum absolute atomic E-state index is 12.7. The van der Waals surface area contributed by atoms with Crippen LogP contribution in [0.25, 0.3) is 0 Å².